The van der Waals surface area contributed by atoms with E-state index in [2.05, 4.69) is 85.1 Å². The second-order valence-electron chi connectivity index (χ2n) is 35.2. The Morgan fingerprint density at radius 2 is 0.720 bits per heavy atom. The van der Waals surface area contributed by atoms with Crippen molar-refractivity contribution in [3.05, 3.63) is 0 Å². The minimum atomic E-state index is -1.81. The van der Waals surface area contributed by atoms with E-state index >= 15 is 0 Å². The lowest BCUT2D eigenvalue weighted by molar-refractivity contribution is -0.143. The van der Waals surface area contributed by atoms with Gasteiger partial charge in [0, 0.05) is 6.54 Å². The maximum atomic E-state index is 14.6. The summed E-state index contributed by atoms with van der Waals surface area (Å²) in [5, 5.41) is 60.8. The number of nitrogens with one attached hydrogen (secondary N) is 16. The van der Waals surface area contributed by atoms with Gasteiger partial charge in [0.05, 0.1) is 32.7 Å². The third kappa shape index (κ3) is 43.0. The number of amides is 18. The van der Waals surface area contributed by atoms with E-state index in [0.29, 0.717) is 32.1 Å². The topological polar surface area (TPSA) is 665 Å². The van der Waals surface area contributed by atoms with Gasteiger partial charge in [0.15, 0.2) is 0 Å². The minimum absolute atomic E-state index is 0.000852. The van der Waals surface area contributed by atoms with E-state index in [1.807, 2.05) is 41.5 Å². The molecule has 0 unspecified atom stereocenters. The molecule has 1 aliphatic rings. The van der Waals surface area contributed by atoms with Crippen LogP contribution in [0.4, 0.5) is 0 Å². The number of carbonyl (C=O) groups is 19. The first-order valence-corrected chi connectivity index (χ1v) is 43.8. The summed E-state index contributed by atoms with van der Waals surface area (Å²) in [6.45, 7) is 28.5. The molecule has 1 rings (SSSR count). The standard InChI is InChI=1S/C83H149N21O21/c1-19-49(16)68(103-73(114)53(26-21-23-29-85)95-75(116)56(33-44(6)7)97-76(117)58(35-46(10)11)100-80(121)62-27-24-30-104(62)66(109)40-89-71(112)54(31-42(2)3)96-74(115)55(32-43(4)5)92-64(107)38-86)82(123)91-50(17)69(110)90-51(18)70(111)94-52(25-20-22-28-84)72(113)102-67(48(14)15)81(122)88-39-65(108)93-61(41-105)79(120)99-59(37-63(87)106)78(119)98-57(34-45(8)9)77(118)101-60(83(124)125)36-47(12)13/h42-62,67-68,105H,19-41,84-86H2,1-18H3,(H2,87,106)(H,88,122)(H,89,112)(H,90,110)(H,91,123)(H,92,107)(H,93,108)(H,94,111)(H,95,116)(H,96,115)(H,97,117)(H,98,119)(H,99,120)(H,100,121)(H,101,118)(H,102,113)(H,103,114)(H,124,125)/t49-,50-,51-,52-,53-,54-,55-,56-,57-,58-,59-,60-,61-,62-,67-,68-/m0/s1. The van der Waals surface area contributed by atoms with Crippen molar-refractivity contribution < 1.29 is 101 Å². The lowest BCUT2D eigenvalue weighted by atomic mass is 9.96. The van der Waals surface area contributed by atoms with E-state index in [0.717, 1.165) is 0 Å². The molecule has 1 heterocycles. The van der Waals surface area contributed by atoms with Crippen molar-refractivity contribution in [2.24, 2.45) is 70.3 Å². The van der Waals surface area contributed by atoms with Crippen LogP contribution in [0.3, 0.4) is 0 Å². The first kappa shape index (κ1) is 113. The van der Waals surface area contributed by atoms with Crippen molar-refractivity contribution in [3.63, 3.8) is 0 Å². The zero-order valence-corrected chi connectivity index (χ0v) is 76.5. The molecule has 0 aromatic rings. The Bertz CT molecular complexity index is 3580. The van der Waals surface area contributed by atoms with Crippen LogP contribution in [0.5, 0.6) is 0 Å². The Morgan fingerprint density at radius 1 is 0.368 bits per heavy atom. The molecule has 0 bridgehead atoms. The number of aliphatic hydroxyl groups is 1. The molecule has 42 nitrogen and oxygen atoms in total. The fraction of sp³-hybridized carbons (Fsp3) is 0.771. The van der Waals surface area contributed by atoms with E-state index in [-0.39, 0.29) is 126 Å². The van der Waals surface area contributed by atoms with E-state index in [4.69, 9.17) is 22.9 Å². The number of likely N-dealkylation sites (tertiary alicyclic amines) is 1. The predicted octanol–water partition coefficient (Wildman–Crippen LogP) is -3.82. The molecule has 42 heteroatoms. The average molecular weight is 1780 g/mol. The van der Waals surface area contributed by atoms with Gasteiger partial charge in [-0.3, -0.25) is 86.3 Å². The predicted molar refractivity (Wildman–Crippen MR) is 464 cm³/mol. The normalized spacial score (nSPS) is 16.3. The number of carboxylic acid groups (broad SMARTS) is 1. The monoisotopic (exact) mass is 1780 g/mol. The molecule has 1 fully saturated rings. The van der Waals surface area contributed by atoms with Gasteiger partial charge in [-0.25, -0.2) is 4.79 Å². The molecule has 1 aliphatic heterocycles. The molecule has 26 N–H and O–H groups in total. The number of aliphatic carboxylic acids is 1. The maximum absolute atomic E-state index is 14.6. The fourth-order valence-corrected chi connectivity index (χ4v) is 13.6. The Hall–Kier alpha value is -10.2. The highest BCUT2D eigenvalue weighted by molar-refractivity contribution is 6.01. The Morgan fingerprint density at radius 3 is 1.14 bits per heavy atom. The van der Waals surface area contributed by atoms with Crippen molar-refractivity contribution in [1.82, 2.24) is 90.0 Å². The lowest BCUT2D eigenvalue weighted by Crippen LogP contribution is -2.61. The summed E-state index contributed by atoms with van der Waals surface area (Å²) < 4.78 is 0. The number of nitrogens with zero attached hydrogens (tertiary/aromatic N) is 1. The molecule has 16 atom stereocenters. The van der Waals surface area contributed by atoms with Crippen molar-refractivity contribution in [1.29, 1.82) is 0 Å². The number of hydrogen-bond acceptors (Lipinski definition) is 23. The van der Waals surface area contributed by atoms with Gasteiger partial charge < -0.3 is 123 Å². The number of rotatable bonds is 60. The van der Waals surface area contributed by atoms with Crippen LogP contribution in [0.15, 0.2) is 0 Å². The van der Waals surface area contributed by atoms with Crippen molar-refractivity contribution in [3.8, 4) is 0 Å². The van der Waals surface area contributed by atoms with Crippen LogP contribution in [0.25, 0.3) is 0 Å². The van der Waals surface area contributed by atoms with E-state index in [1.54, 1.807) is 69.2 Å². The number of hydrogen-bond donors (Lipinski definition) is 22. The highest BCUT2D eigenvalue weighted by Crippen LogP contribution is 2.21. The van der Waals surface area contributed by atoms with Crippen LogP contribution in [-0.4, -0.2) is 264 Å². The number of primary amides is 1. The SMILES string of the molecule is CC[C@H](C)[C@H](NC(=O)[C@H](CCCCN)NC(=O)[C@H](CC(C)C)NC(=O)[C@H](CC(C)C)NC(=O)[C@@H]1CCCN1C(=O)CNC(=O)[C@H](CC(C)C)NC(=O)[C@H](CC(C)C)NC(=O)CN)C(=O)N[C@@H](C)C(=O)N[C@@H](C)C(=O)N[C@@H](CCCCN)C(=O)N[C@H](C(=O)NCC(=O)N[C@@H](CO)C(=O)N[C@@H](CC(N)=O)C(=O)N[C@@H](CC(C)C)C(=O)N[C@@H](CC(C)C)C(=O)O)C(C)C. The molecule has 0 radical (unpaired) electrons. The quantitative estimate of drug-likeness (QED) is 0.0260. The van der Waals surface area contributed by atoms with Gasteiger partial charge in [-0.2, -0.15) is 0 Å². The van der Waals surface area contributed by atoms with E-state index < -0.39 is 241 Å². The molecular formula is C83H149N21O21. The molecule has 0 aromatic heterocycles. The van der Waals surface area contributed by atoms with Gasteiger partial charge in [0.1, 0.15) is 90.6 Å². The summed E-state index contributed by atoms with van der Waals surface area (Å²) in [7, 11) is 0. The third-order valence-electron chi connectivity index (χ3n) is 20.5. The Labute approximate surface area is 734 Å². The average Bonchev–Trinajstić information content (AvgIpc) is 1.66. The summed E-state index contributed by atoms with van der Waals surface area (Å²) in [6, 6.07) is -20.0. The summed E-state index contributed by atoms with van der Waals surface area (Å²) in [5.41, 5.74) is 22.5. The molecule has 1 saturated heterocycles. The largest absolute Gasteiger partial charge is 0.480 e. The van der Waals surface area contributed by atoms with Crippen LogP contribution in [0, 0.1) is 47.3 Å². The van der Waals surface area contributed by atoms with Crippen molar-refractivity contribution in [2.75, 3.05) is 45.9 Å². The number of unbranched alkanes of at least 4 members (excludes halogenated alkanes) is 2. The molecule has 0 saturated carbocycles. The summed E-state index contributed by atoms with van der Waals surface area (Å²) in [4.78, 5) is 260. The fourth-order valence-electron chi connectivity index (χ4n) is 13.6. The van der Waals surface area contributed by atoms with Crippen LogP contribution >= 0.6 is 0 Å². The van der Waals surface area contributed by atoms with Gasteiger partial charge >= 0.3 is 5.97 Å². The maximum Gasteiger partial charge on any atom is 0.326 e. The zero-order valence-electron chi connectivity index (χ0n) is 76.5. The van der Waals surface area contributed by atoms with Gasteiger partial charge in [-0.05, 0) is 164 Å². The lowest BCUT2D eigenvalue weighted by Gasteiger charge is -2.30. The second kappa shape index (κ2) is 58.1. The van der Waals surface area contributed by atoms with Crippen molar-refractivity contribution in [2.45, 2.75) is 318 Å². The molecular weight excluding hydrogens is 1630 g/mol. The number of nitrogens with two attached hydrogens (primary N) is 4. The summed E-state index contributed by atoms with van der Waals surface area (Å²) >= 11 is 0. The highest BCUT2D eigenvalue weighted by atomic mass is 16.4. The van der Waals surface area contributed by atoms with Crippen molar-refractivity contribution >= 4 is 112 Å². The van der Waals surface area contributed by atoms with Gasteiger partial charge in [0.2, 0.25) is 106 Å². The van der Waals surface area contributed by atoms with Gasteiger partial charge in [-0.15, -0.1) is 0 Å². The number of carboxylic acids is 1. The molecule has 0 aromatic carbocycles. The minimum Gasteiger partial charge on any atom is -0.480 e. The Balaban J connectivity index is 3.32. The zero-order chi connectivity index (χ0) is 95.4. The van der Waals surface area contributed by atoms with Gasteiger partial charge in [0.25, 0.3) is 0 Å². The number of aliphatic hydroxyl groups excluding tert-OH is 1. The van der Waals surface area contributed by atoms with E-state index in [1.165, 1.54) is 18.7 Å². The third-order valence-corrected chi connectivity index (χ3v) is 20.5. The molecule has 125 heavy (non-hydrogen) atoms. The molecule has 712 valence electrons. The highest BCUT2D eigenvalue weighted by Gasteiger charge is 2.41. The second-order valence-corrected chi connectivity index (χ2v) is 35.2. The summed E-state index contributed by atoms with van der Waals surface area (Å²) in [5.74, 6) is -18.5. The first-order valence-electron chi connectivity index (χ1n) is 43.8. The number of carbonyl (C=O) groups excluding carboxylic acids is 18. The summed E-state index contributed by atoms with van der Waals surface area (Å²) in [6.07, 6.45) is 2.23. The van der Waals surface area contributed by atoms with E-state index in [9.17, 15) is 101 Å². The van der Waals surface area contributed by atoms with Gasteiger partial charge in [-0.1, -0.05) is 117 Å². The van der Waals surface area contributed by atoms with Crippen LogP contribution in [0.2, 0.25) is 0 Å². The van der Waals surface area contributed by atoms with Crippen LogP contribution < -0.4 is 108 Å². The smallest absolute Gasteiger partial charge is 0.326 e. The molecule has 18 amide bonds. The Kier molecular flexibility index (Phi) is 52.4. The first-order chi connectivity index (χ1) is 58.4. The molecule has 0 spiro atoms. The van der Waals surface area contributed by atoms with Crippen LogP contribution in [-0.2, 0) is 91.1 Å². The molecule has 0 aliphatic carbocycles. The van der Waals surface area contributed by atoms with Crippen LogP contribution in [0.1, 0.15) is 227 Å².